The third kappa shape index (κ3) is 1.57. The van der Waals surface area contributed by atoms with E-state index in [1.165, 1.54) is 0 Å². The van der Waals surface area contributed by atoms with Crippen molar-refractivity contribution in [3.05, 3.63) is 22.7 Å². The highest BCUT2D eigenvalue weighted by Gasteiger charge is 2.42. The van der Waals surface area contributed by atoms with Gasteiger partial charge in [0.25, 0.3) is 0 Å². The van der Waals surface area contributed by atoms with Crippen LogP contribution in [0.15, 0.2) is 27.6 Å². The van der Waals surface area contributed by atoms with E-state index in [0.29, 0.717) is 11.4 Å². The smallest absolute Gasteiger partial charge is 0.187 e. The highest BCUT2D eigenvalue weighted by Crippen LogP contribution is 2.39. The number of hydrogen-bond donors (Lipinski definition) is 0. The molecule has 0 atom stereocenters. The zero-order valence-corrected chi connectivity index (χ0v) is 11.9. The lowest BCUT2D eigenvalue weighted by molar-refractivity contribution is 0.534. The number of nitrogens with zero attached hydrogens (tertiary/aromatic N) is 1. The summed E-state index contributed by atoms with van der Waals surface area (Å²) in [6.45, 7) is 4.05. The van der Waals surface area contributed by atoms with Crippen LogP contribution >= 0.6 is 15.9 Å². The first-order valence-electron chi connectivity index (χ1n) is 5.01. The van der Waals surface area contributed by atoms with Gasteiger partial charge in [0.15, 0.2) is 9.84 Å². The summed E-state index contributed by atoms with van der Waals surface area (Å²) in [5, 5.41) is 0. The molecule has 1 aromatic rings. The first-order chi connectivity index (χ1) is 7.25. The van der Waals surface area contributed by atoms with Crippen molar-refractivity contribution in [2.45, 2.75) is 23.5 Å². The van der Waals surface area contributed by atoms with Crippen molar-refractivity contribution in [3.8, 4) is 0 Å². The summed E-state index contributed by atoms with van der Waals surface area (Å²) in [5.41, 5.74) is 0.780. The summed E-state index contributed by atoms with van der Waals surface area (Å²) in [6.07, 6.45) is 0. The van der Waals surface area contributed by atoms with Gasteiger partial charge >= 0.3 is 0 Å². The first kappa shape index (κ1) is 11.9. The molecule has 0 radical (unpaired) electrons. The molecule has 0 spiro atoms. The molecule has 5 heteroatoms. The molecule has 16 heavy (non-hydrogen) atoms. The quantitative estimate of drug-likeness (QED) is 0.739. The molecule has 1 aromatic carbocycles. The molecule has 3 nitrogen and oxygen atoms in total. The predicted molar refractivity (Wildman–Crippen MR) is 68.7 cm³/mol. The lowest BCUT2D eigenvalue weighted by atomic mass is 10.1. The maximum atomic E-state index is 12.4. The number of benzene rings is 1. The van der Waals surface area contributed by atoms with E-state index in [1.807, 2.05) is 24.1 Å². The van der Waals surface area contributed by atoms with E-state index in [9.17, 15) is 8.42 Å². The number of hydrogen-bond acceptors (Lipinski definition) is 3. The summed E-state index contributed by atoms with van der Waals surface area (Å²) in [4.78, 5) is 2.41. The standard InChI is InChI=1S/C11H14BrNO2S/c1-11(2)7-13(3)9-5-4-8(12)6-10(9)16(11,14)15/h4-6H,7H2,1-3H3. The first-order valence-corrected chi connectivity index (χ1v) is 7.29. The summed E-state index contributed by atoms with van der Waals surface area (Å²) in [5.74, 6) is 0. The molecule has 0 aliphatic carbocycles. The van der Waals surface area contributed by atoms with Gasteiger partial charge in [0.05, 0.1) is 15.3 Å². The average Bonchev–Trinajstić information content (AvgIpc) is 2.14. The van der Waals surface area contributed by atoms with Gasteiger partial charge < -0.3 is 4.90 Å². The summed E-state index contributed by atoms with van der Waals surface area (Å²) in [7, 11) is -1.33. The zero-order valence-electron chi connectivity index (χ0n) is 9.49. The molecule has 1 aliphatic rings. The Kier molecular flexibility index (Phi) is 2.58. The van der Waals surface area contributed by atoms with E-state index >= 15 is 0 Å². The molecule has 0 unspecified atom stereocenters. The van der Waals surface area contributed by atoms with Gasteiger partial charge in [-0.2, -0.15) is 0 Å². The minimum absolute atomic E-state index is 0.417. The molecule has 0 fully saturated rings. The van der Waals surface area contributed by atoms with Crippen molar-refractivity contribution in [2.24, 2.45) is 0 Å². The van der Waals surface area contributed by atoms with Gasteiger partial charge in [-0.3, -0.25) is 0 Å². The van der Waals surface area contributed by atoms with Gasteiger partial charge in [-0.15, -0.1) is 0 Å². The van der Waals surface area contributed by atoms with Crippen molar-refractivity contribution in [1.82, 2.24) is 0 Å². The minimum atomic E-state index is -3.25. The number of halogens is 1. The van der Waals surface area contributed by atoms with Crippen LogP contribution < -0.4 is 4.90 Å². The normalized spacial score (nSPS) is 21.6. The van der Waals surface area contributed by atoms with Crippen LogP contribution in [0, 0.1) is 0 Å². The maximum absolute atomic E-state index is 12.4. The van der Waals surface area contributed by atoms with Crippen LogP contribution in [0.5, 0.6) is 0 Å². The van der Waals surface area contributed by atoms with E-state index < -0.39 is 14.6 Å². The van der Waals surface area contributed by atoms with Crippen molar-refractivity contribution >= 4 is 31.5 Å². The van der Waals surface area contributed by atoms with Gasteiger partial charge in [-0.25, -0.2) is 8.42 Å². The molecular weight excluding hydrogens is 290 g/mol. The number of fused-ring (bicyclic) bond motifs is 1. The van der Waals surface area contributed by atoms with Crippen LogP contribution in [0.25, 0.3) is 0 Å². The highest BCUT2D eigenvalue weighted by molar-refractivity contribution is 9.10. The van der Waals surface area contributed by atoms with E-state index in [-0.39, 0.29) is 0 Å². The van der Waals surface area contributed by atoms with E-state index in [1.54, 1.807) is 19.9 Å². The molecule has 0 saturated carbocycles. The third-order valence-electron chi connectivity index (χ3n) is 2.97. The molecule has 88 valence electrons. The average molecular weight is 304 g/mol. The molecule has 0 amide bonds. The maximum Gasteiger partial charge on any atom is 0.187 e. The third-order valence-corrected chi connectivity index (χ3v) is 5.95. The van der Waals surface area contributed by atoms with E-state index in [0.717, 1.165) is 10.2 Å². The number of sulfone groups is 1. The Morgan fingerprint density at radius 3 is 2.62 bits per heavy atom. The van der Waals surface area contributed by atoms with Gasteiger partial charge in [0.2, 0.25) is 0 Å². The van der Waals surface area contributed by atoms with Crippen LogP contribution in [-0.2, 0) is 9.84 Å². The fourth-order valence-corrected chi connectivity index (χ4v) is 4.31. The molecule has 1 aliphatic heterocycles. The Morgan fingerprint density at radius 2 is 2.00 bits per heavy atom. The summed E-state index contributed by atoms with van der Waals surface area (Å²) in [6, 6.07) is 5.39. The van der Waals surface area contributed by atoms with Crippen molar-refractivity contribution < 1.29 is 8.42 Å². The number of rotatable bonds is 0. The van der Waals surface area contributed by atoms with Crippen molar-refractivity contribution in [2.75, 3.05) is 18.5 Å². The summed E-state index contributed by atoms with van der Waals surface area (Å²) < 4.78 is 24.8. The second kappa shape index (κ2) is 3.47. The second-order valence-electron chi connectivity index (χ2n) is 4.73. The SMILES string of the molecule is CN1CC(C)(C)S(=O)(=O)c2cc(Br)ccc21. The fourth-order valence-electron chi connectivity index (χ4n) is 2.06. The topological polar surface area (TPSA) is 37.4 Å². The van der Waals surface area contributed by atoms with Crippen LogP contribution in [-0.4, -0.2) is 26.8 Å². The lowest BCUT2D eigenvalue weighted by Gasteiger charge is -2.38. The molecule has 0 N–H and O–H groups in total. The van der Waals surface area contributed by atoms with Gasteiger partial charge in [0.1, 0.15) is 0 Å². The monoisotopic (exact) mass is 303 g/mol. The molecule has 1 heterocycles. The molecule has 0 bridgehead atoms. The molecule has 0 saturated heterocycles. The Labute approximate surface area is 105 Å². The zero-order chi connectivity index (χ0) is 12.1. The Bertz CT molecular complexity index is 537. The Balaban J connectivity index is 2.77. The molecule has 0 aromatic heterocycles. The lowest BCUT2D eigenvalue weighted by Crippen LogP contribution is -2.47. The van der Waals surface area contributed by atoms with Crippen LogP contribution in [0.4, 0.5) is 5.69 Å². The van der Waals surface area contributed by atoms with Gasteiger partial charge in [-0.1, -0.05) is 15.9 Å². The van der Waals surface area contributed by atoms with Crippen LogP contribution in [0.1, 0.15) is 13.8 Å². The Morgan fingerprint density at radius 1 is 1.38 bits per heavy atom. The van der Waals surface area contributed by atoms with Gasteiger partial charge in [-0.05, 0) is 32.0 Å². The minimum Gasteiger partial charge on any atom is -0.372 e. The van der Waals surface area contributed by atoms with Crippen LogP contribution in [0.2, 0.25) is 0 Å². The number of anilines is 1. The van der Waals surface area contributed by atoms with Gasteiger partial charge in [0, 0.05) is 18.1 Å². The largest absolute Gasteiger partial charge is 0.372 e. The van der Waals surface area contributed by atoms with E-state index in [4.69, 9.17) is 0 Å². The highest BCUT2D eigenvalue weighted by atomic mass is 79.9. The van der Waals surface area contributed by atoms with Crippen molar-refractivity contribution in [3.63, 3.8) is 0 Å². The predicted octanol–water partition coefficient (Wildman–Crippen LogP) is 2.45. The van der Waals surface area contributed by atoms with E-state index in [2.05, 4.69) is 15.9 Å². The molecular formula is C11H14BrNO2S. The fraction of sp³-hybridized carbons (Fsp3) is 0.455. The van der Waals surface area contributed by atoms with Crippen LogP contribution in [0.3, 0.4) is 0 Å². The van der Waals surface area contributed by atoms with Crippen molar-refractivity contribution in [1.29, 1.82) is 0 Å². The second-order valence-corrected chi connectivity index (χ2v) is 8.20. The molecule has 2 rings (SSSR count). The Hall–Kier alpha value is -0.550. The summed E-state index contributed by atoms with van der Waals surface area (Å²) >= 11 is 3.32.